The molecular formula is C15H20N2O2. The molecule has 1 atom stereocenters. The Morgan fingerprint density at radius 3 is 3.26 bits per heavy atom. The second kappa shape index (κ2) is 5.61. The summed E-state index contributed by atoms with van der Waals surface area (Å²) < 4.78 is 5.44. The predicted octanol–water partition coefficient (Wildman–Crippen LogP) is 1.49. The minimum absolute atomic E-state index is 0.0210. The van der Waals surface area contributed by atoms with Crippen molar-refractivity contribution in [3.8, 4) is 5.75 Å². The van der Waals surface area contributed by atoms with E-state index in [0.717, 1.165) is 49.4 Å². The maximum Gasteiger partial charge on any atom is 0.251 e. The summed E-state index contributed by atoms with van der Waals surface area (Å²) in [6.07, 6.45) is 4.40. The number of carbonyl (C=O) groups excluding carboxylic acids is 1. The quantitative estimate of drug-likeness (QED) is 0.862. The Morgan fingerprint density at radius 1 is 1.47 bits per heavy atom. The largest absolute Gasteiger partial charge is 0.493 e. The zero-order valence-corrected chi connectivity index (χ0v) is 11.1. The van der Waals surface area contributed by atoms with Crippen LogP contribution >= 0.6 is 0 Å². The number of carbonyl (C=O) groups is 1. The van der Waals surface area contributed by atoms with Gasteiger partial charge in [0.05, 0.1) is 6.61 Å². The van der Waals surface area contributed by atoms with E-state index in [2.05, 4.69) is 10.6 Å². The van der Waals surface area contributed by atoms with E-state index in [-0.39, 0.29) is 5.91 Å². The van der Waals surface area contributed by atoms with Crippen LogP contribution in [0.25, 0.3) is 0 Å². The van der Waals surface area contributed by atoms with Crippen molar-refractivity contribution in [3.63, 3.8) is 0 Å². The fraction of sp³-hybridized carbons (Fsp3) is 0.533. The van der Waals surface area contributed by atoms with Crippen LogP contribution < -0.4 is 15.4 Å². The molecule has 102 valence electrons. The van der Waals surface area contributed by atoms with Gasteiger partial charge in [0.15, 0.2) is 0 Å². The molecule has 2 heterocycles. The number of rotatable bonds is 4. The lowest BCUT2D eigenvalue weighted by molar-refractivity contribution is 0.0952. The van der Waals surface area contributed by atoms with Gasteiger partial charge in [-0.05, 0) is 49.6 Å². The molecule has 0 aromatic heterocycles. The lowest BCUT2D eigenvalue weighted by Crippen LogP contribution is -2.30. The molecule has 1 aromatic rings. The van der Waals surface area contributed by atoms with Gasteiger partial charge in [0.2, 0.25) is 0 Å². The molecule has 1 fully saturated rings. The molecule has 3 rings (SSSR count). The van der Waals surface area contributed by atoms with Crippen LogP contribution in [0.1, 0.15) is 35.2 Å². The van der Waals surface area contributed by atoms with Crippen LogP contribution in [-0.2, 0) is 6.42 Å². The maximum atomic E-state index is 12.0. The van der Waals surface area contributed by atoms with Crippen molar-refractivity contribution in [1.82, 2.24) is 10.6 Å². The summed E-state index contributed by atoms with van der Waals surface area (Å²) in [5.41, 5.74) is 1.88. The third kappa shape index (κ3) is 2.89. The van der Waals surface area contributed by atoms with Crippen LogP contribution in [0.2, 0.25) is 0 Å². The molecule has 0 spiro atoms. The molecule has 4 heteroatoms. The average molecular weight is 260 g/mol. The minimum Gasteiger partial charge on any atom is -0.493 e. The molecule has 0 radical (unpaired) electrons. The van der Waals surface area contributed by atoms with Gasteiger partial charge in [-0.15, -0.1) is 0 Å². The Labute approximate surface area is 113 Å². The molecular weight excluding hydrogens is 240 g/mol. The molecule has 2 aliphatic heterocycles. The second-order valence-corrected chi connectivity index (χ2v) is 5.26. The van der Waals surface area contributed by atoms with Crippen LogP contribution in [0.4, 0.5) is 0 Å². The lowest BCUT2D eigenvalue weighted by Gasteiger charge is -2.11. The molecule has 1 aromatic carbocycles. The number of hydrogen-bond donors (Lipinski definition) is 2. The van der Waals surface area contributed by atoms with Crippen LogP contribution in [-0.4, -0.2) is 31.6 Å². The summed E-state index contributed by atoms with van der Waals surface area (Å²) in [5.74, 6) is 0.944. The molecule has 2 N–H and O–H groups in total. The summed E-state index contributed by atoms with van der Waals surface area (Å²) in [6.45, 7) is 2.58. The summed E-state index contributed by atoms with van der Waals surface area (Å²) in [5, 5.41) is 6.43. The van der Waals surface area contributed by atoms with Gasteiger partial charge >= 0.3 is 0 Å². The normalized spacial score (nSPS) is 20.9. The summed E-state index contributed by atoms with van der Waals surface area (Å²) in [6, 6.07) is 6.27. The Balaban J connectivity index is 1.52. The zero-order valence-electron chi connectivity index (χ0n) is 11.1. The van der Waals surface area contributed by atoms with E-state index < -0.39 is 0 Å². The van der Waals surface area contributed by atoms with Gasteiger partial charge in [-0.2, -0.15) is 0 Å². The molecule has 4 nitrogen and oxygen atoms in total. The fourth-order valence-electron chi connectivity index (χ4n) is 2.79. The highest BCUT2D eigenvalue weighted by molar-refractivity contribution is 5.94. The molecule has 1 unspecified atom stereocenters. The van der Waals surface area contributed by atoms with Gasteiger partial charge in [0, 0.05) is 24.6 Å². The minimum atomic E-state index is 0.0210. The number of fused-ring (bicyclic) bond motifs is 1. The van der Waals surface area contributed by atoms with Crippen molar-refractivity contribution in [1.29, 1.82) is 0 Å². The Kier molecular flexibility index (Phi) is 3.69. The van der Waals surface area contributed by atoms with Crippen molar-refractivity contribution in [2.75, 3.05) is 19.7 Å². The first-order chi connectivity index (χ1) is 9.33. The summed E-state index contributed by atoms with van der Waals surface area (Å²) >= 11 is 0. The molecule has 2 aliphatic rings. The van der Waals surface area contributed by atoms with Gasteiger partial charge in [-0.3, -0.25) is 4.79 Å². The first-order valence-electron chi connectivity index (χ1n) is 7.10. The molecule has 0 aliphatic carbocycles. The van der Waals surface area contributed by atoms with Crippen molar-refractivity contribution in [2.24, 2.45) is 0 Å². The number of nitrogens with one attached hydrogen (secondary N) is 2. The number of ether oxygens (including phenoxy) is 1. The van der Waals surface area contributed by atoms with Crippen LogP contribution in [0, 0.1) is 0 Å². The Morgan fingerprint density at radius 2 is 2.42 bits per heavy atom. The van der Waals surface area contributed by atoms with Gasteiger partial charge in [0.1, 0.15) is 5.75 Å². The van der Waals surface area contributed by atoms with Crippen molar-refractivity contribution < 1.29 is 9.53 Å². The van der Waals surface area contributed by atoms with Gasteiger partial charge in [0.25, 0.3) is 5.91 Å². The topological polar surface area (TPSA) is 50.4 Å². The fourth-order valence-corrected chi connectivity index (χ4v) is 2.79. The lowest BCUT2D eigenvalue weighted by atomic mass is 10.1. The Bertz CT molecular complexity index is 467. The van der Waals surface area contributed by atoms with E-state index >= 15 is 0 Å². The number of hydrogen-bond acceptors (Lipinski definition) is 3. The van der Waals surface area contributed by atoms with E-state index in [1.807, 2.05) is 18.2 Å². The Hall–Kier alpha value is -1.55. The van der Waals surface area contributed by atoms with E-state index in [0.29, 0.717) is 6.04 Å². The number of amides is 1. The second-order valence-electron chi connectivity index (χ2n) is 5.26. The van der Waals surface area contributed by atoms with Crippen molar-refractivity contribution in [3.05, 3.63) is 29.3 Å². The molecule has 1 saturated heterocycles. The van der Waals surface area contributed by atoms with Crippen LogP contribution in [0.5, 0.6) is 5.75 Å². The van der Waals surface area contributed by atoms with E-state index in [4.69, 9.17) is 4.74 Å². The maximum absolute atomic E-state index is 12.0. The van der Waals surface area contributed by atoms with Gasteiger partial charge in [-0.25, -0.2) is 0 Å². The van der Waals surface area contributed by atoms with Gasteiger partial charge in [-0.1, -0.05) is 0 Å². The van der Waals surface area contributed by atoms with Crippen LogP contribution in [0.3, 0.4) is 0 Å². The highest BCUT2D eigenvalue weighted by Gasteiger charge is 2.16. The third-order valence-corrected chi connectivity index (χ3v) is 3.89. The zero-order chi connectivity index (χ0) is 13.1. The monoisotopic (exact) mass is 260 g/mol. The predicted molar refractivity (Wildman–Crippen MR) is 73.6 cm³/mol. The molecule has 0 bridgehead atoms. The first kappa shape index (κ1) is 12.5. The highest BCUT2D eigenvalue weighted by atomic mass is 16.5. The third-order valence-electron chi connectivity index (χ3n) is 3.89. The first-order valence-corrected chi connectivity index (χ1v) is 7.10. The molecule has 0 saturated carbocycles. The average Bonchev–Trinajstić information content (AvgIpc) is 3.08. The highest BCUT2D eigenvalue weighted by Crippen LogP contribution is 2.25. The van der Waals surface area contributed by atoms with Gasteiger partial charge < -0.3 is 15.4 Å². The SMILES string of the molecule is O=C(NCCC1CCCN1)c1ccc2c(c1)CCO2. The van der Waals surface area contributed by atoms with Crippen molar-refractivity contribution >= 4 is 5.91 Å². The smallest absolute Gasteiger partial charge is 0.251 e. The van der Waals surface area contributed by atoms with E-state index in [9.17, 15) is 4.79 Å². The summed E-state index contributed by atoms with van der Waals surface area (Å²) in [4.78, 5) is 12.0. The molecule has 19 heavy (non-hydrogen) atoms. The molecule has 1 amide bonds. The van der Waals surface area contributed by atoms with Crippen LogP contribution in [0.15, 0.2) is 18.2 Å². The van der Waals surface area contributed by atoms with Crippen molar-refractivity contribution in [2.45, 2.75) is 31.7 Å². The standard InChI is InChI=1S/C15H20N2O2/c18-15(17-8-5-13-2-1-7-16-13)12-3-4-14-11(10-12)6-9-19-14/h3-4,10,13,16H,1-2,5-9H2,(H,17,18). The summed E-state index contributed by atoms with van der Waals surface area (Å²) in [7, 11) is 0. The van der Waals surface area contributed by atoms with E-state index in [1.165, 1.54) is 12.8 Å². The number of benzene rings is 1. The van der Waals surface area contributed by atoms with E-state index in [1.54, 1.807) is 0 Å².